The van der Waals surface area contributed by atoms with Crippen molar-refractivity contribution < 1.29 is 19.5 Å². The minimum Gasteiger partial charge on any atom is -0.391 e. The molecular formula is C20H31ClN4O4. The number of nitrogens with two attached hydrogens (primary N) is 2. The predicted molar refractivity (Wildman–Crippen MR) is 112 cm³/mol. The Bertz CT molecular complexity index is 699. The molecule has 162 valence electrons. The number of amides is 2. The molecule has 0 spiro atoms. The molecule has 9 heteroatoms. The summed E-state index contributed by atoms with van der Waals surface area (Å²) in [5.74, 6) is -1.91. The highest BCUT2D eigenvalue weighted by Gasteiger charge is 2.31. The number of aliphatic hydroxyl groups excluding tert-OH is 1. The number of nitrogens with one attached hydrogen (secondary N) is 2. The number of aliphatic hydroxyl groups is 1. The summed E-state index contributed by atoms with van der Waals surface area (Å²) in [7, 11) is 0. The van der Waals surface area contributed by atoms with Crippen LogP contribution in [0.4, 0.5) is 0 Å². The van der Waals surface area contributed by atoms with Crippen LogP contribution < -0.4 is 22.1 Å². The van der Waals surface area contributed by atoms with Crippen LogP contribution in [-0.4, -0.2) is 54.0 Å². The average molecular weight is 427 g/mol. The van der Waals surface area contributed by atoms with Crippen LogP contribution in [0.15, 0.2) is 24.3 Å². The number of halogens is 1. The van der Waals surface area contributed by atoms with Gasteiger partial charge in [-0.05, 0) is 50.6 Å². The van der Waals surface area contributed by atoms with E-state index in [0.29, 0.717) is 17.0 Å². The molecule has 1 rings (SSSR count). The average Bonchev–Trinajstić information content (AvgIpc) is 2.68. The van der Waals surface area contributed by atoms with E-state index in [1.165, 1.54) is 6.92 Å². The van der Waals surface area contributed by atoms with Crippen LogP contribution in [0.2, 0.25) is 5.02 Å². The van der Waals surface area contributed by atoms with Crippen LogP contribution in [0.1, 0.15) is 44.6 Å². The maximum atomic E-state index is 12.9. The molecule has 2 unspecified atom stereocenters. The van der Waals surface area contributed by atoms with Crippen molar-refractivity contribution in [2.45, 2.75) is 57.2 Å². The normalized spacial score (nSPS) is 15.1. The molecule has 7 N–H and O–H groups in total. The molecule has 0 aliphatic carbocycles. The van der Waals surface area contributed by atoms with Gasteiger partial charge in [0.15, 0.2) is 5.78 Å². The second-order valence-corrected chi connectivity index (χ2v) is 7.31. The Morgan fingerprint density at radius 3 is 2.28 bits per heavy atom. The first kappa shape index (κ1) is 25.0. The summed E-state index contributed by atoms with van der Waals surface area (Å²) in [6, 6.07) is 4.84. The maximum Gasteiger partial charge on any atom is 0.245 e. The molecule has 0 aliphatic rings. The zero-order chi connectivity index (χ0) is 22.0. The Balaban J connectivity index is 2.98. The zero-order valence-electron chi connectivity index (χ0n) is 16.9. The maximum absolute atomic E-state index is 12.9. The summed E-state index contributed by atoms with van der Waals surface area (Å²) in [5, 5.41) is 15.7. The number of ketones is 1. The number of carbonyl (C=O) groups excluding carboxylic acids is 3. The second-order valence-electron chi connectivity index (χ2n) is 6.87. The highest BCUT2D eigenvalue weighted by atomic mass is 35.5. The minimum absolute atomic E-state index is 0.167. The standard InChI is InChI=1S/C20H31ClN4O4/c1-3-17(27)16(8-10-23)24-20(29)18(12(2)26)25-19(28)15(7-9-22)13-5-4-6-14(21)11-13/h4-6,11-12,15-16,18,26H,3,7-10,22-23H2,1-2H3,(H,24,29)(H,25,28)/t12?,15?,16-,18-/m0/s1. The van der Waals surface area contributed by atoms with Gasteiger partial charge in [-0.2, -0.15) is 0 Å². The number of Topliss-reactive ketones (excluding diaryl/α,β-unsaturated/α-hetero) is 1. The van der Waals surface area contributed by atoms with Gasteiger partial charge < -0.3 is 27.2 Å². The summed E-state index contributed by atoms with van der Waals surface area (Å²) >= 11 is 6.02. The van der Waals surface area contributed by atoms with Crippen LogP contribution in [0.25, 0.3) is 0 Å². The smallest absolute Gasteiger partial charge is 0.245 e. The van der Waals surface area contributed by atoms with Gasteiger partial charge in [-0.25, -0.2) is 0 Å². The van der Waals surface area contributed by atoms with Gasteiger partial charge in [0, 0.05) is 11.4 Å². The number of hydrogen-bond donors (Lipinski definition) is 5. The van der Waals surface area contributed by atoms with Crippen LogP contribution >= 0.6 is 11.6 Å². The number of benzene rings is 1. The van der Waals surface area contributed by atoms with E-state index in [1.807, 2.05) is 0 Å². The van der Waals surface area contributed by atoms with E-state index in [9.17, 15) is 19.5 Å². The fourth-order valence-corrected chi connectivity index (χ4v) is 3.19. The van der Waals surface area contributed by atoms with Crippen molar-refractivity contribution in [2.75, 3.05) is 13.1 Å². The minimum atomic E-state index is -1.23. The highest BCUT2D eigenvalue weighted by molar-refractivity contribution is 6.30. The Hall–Kier alpha value is -2.00. The van der Waals surface area contributed by atoms with Crippen molar-refractivity contribution in [3.8, 4) is 0 Å². The molecule has 0 fully saturated rings. The fraction of sp³-hybridized carbons (Fsp3) is 0.550. The molecule has 1 aromatic rings. The topological polar surface area (TPSA) is 148 Å². The predicted octanol–water partition coefficient (Wildman–Crippen LogP) is 0.451. The molecule has 0 saturated carbocycles. The quantitative estimate of drug-likeness (QED) is 0.328. The summed E-state index contributed by atoms with van der Waals surface area (Å²) in [6.07, 6.45) is -0.321. The van der Waals surface area contributed by atoms with Gasteiger partial charge in [0.2, 0.25) is 11.8 Å². The summed E-state index contributed by atoms with van der Waals surface area (Å²) in [6.45, 7) is 3.55. The number of carbonyl (C=O) groups is 3. The lowest BCUT2D eigenvalue weighted by Crippen LogP contribution is -2.56. The van der Waals surface area contributed by atoms with Crippen molar-refractivity contribution >= 4 is 29.2 Å². The molecule has 0 bridgehead atoms. The van der Waals surface area contributed by atoms with E-state index in [2.05, 4.69) is 10.6 Å². The third kappa shape index (κ3) is 7.74. The molecule has 0 aliphatic heterocycles. The van der Waals surface area contributed by atoms with Crippen molar-refractivity contribution in [1.82, 2.24) is 10.6 Å². The van der Waals surface area contributed by atoms with E-state index in [1.54, 1.807) is 31.2 Å². The van der Waals surface area contributed by atoms with E-state index in [0.717, 1.165) is 0 Å². The molecule has 2 amide bonds. The van der Waals surface area contributed by atoms with Crippen LogP contribution in [-0.2, 0) is 14.4 Å². The molecule has 4 atom stereocenters. The van der Waals surface area contributed by atoms with Crippen LogP contribution in [0.3, 0.4) is 0 Å². The summed E-state index contributed by atoms with van der Waals surface area (Å²) in [4.78, 5) is 37.6. The zero-order valence-corrected chi connectivity index (χ0v) is 17.6. The Morgan fingerprint density at radius 1 is 1.10 bits per heavy atom. The van der Waals surface area contributed by atoms with Gasteiger partial charge in [-0.15, -0.1) is 0 Å². The molecule has 0 radical (unpaired) electrons. The van der Waals surface area contributed by atoms with Crippen molar-refractivity contribution in [2.24, 2.45) is 11.5 Å². The van der Waals surface area contributed by atoms with Gasteiger partial charge in [0.1, 0.15) is 6.04 Å². The second kappa shape index (κ2) is 12.5. The number of rotatable bonds is 12. The lowest BCUT2D eigenvalue weighted by Gasteiger charge is -2.26. The highest BCUT2D eigenvalue weighted by Crippen LogP contribution is 2.23. The van der Waals surface area contributed by atoms with E-state index < -0.39 is 35.9 Å². The first-order valence-electron chi connectivity index (χ1n) is 9.72. The van der Waals surface area contributed by atoms with E-state index in [-0.39, 0.29) is 31.7 Å². The van der Waals surface area contributed by atoms with E-state index in [4.69, 9.17) is 23.1 Å². The van der Waals surface area contributed by atoms with Crippen molar-refractivity contribution in [3.63, 3.8) is 0 Å². The Kier molecular flexibility index (Phi) is 10.8. The molecule has 0 aromatic heterocycles. The van der Waals surface area contributed by atoms with Gasteiger partial charge >= 0.3 is 0 Å². The molecule has 8 nitrogen and oxygen atoms in total. The molecule has 0 heterocycles. The summed E-state index contributed by atoms with van der Waals surface area (Å²) in [5.41, 5.74) is 11.8. The van der Waals surface area contributed by atoms with Gasteiger partial charge in [0.05, 0.1) is 18.1 Å². The third-order valence-electron chi connectivity index (χ3n) is 4.59. The van der Waals surface area contributed by atoms with Crippen LogP contribution in [0.5, 0.6) is 0 Å². The SMILES string of the molecule is CCC(=O)[C@H](CCN)NC(=O)[C@@H](NC(=O)C(CCN)c1cccc(Cl)c1)C(C)O. The van der Waals surface area contributed by atoms with Crippen molar-refractivity contribution in [1.29, 1.82) is 0 Å². The lowest BCUT2D eigenvalue weighted by atomic mass is 9.94. The monoisotopic (exact) mass is 426 g/mol. The first-order valence-corrected chi connectivity index (χ1v) is 10.1. The summed E-state index contributed by atoms with van der Waals surface area (Å²) < 4.78 is 0. The molecule has 29 heavy (non-hydrogen) atoms. The van der Waals surface area contributed by atoms with Crippen molar-refractivity contribution in [3.05, 3.63) is 34.9 Å². The molecule has 0 saturated heterocycles. The largest absolute Gasteiger partial charge is 0.391 e. The fourth-order valence-electron chi connectivity index (χ4n) is 2.99. The molecular weight excluding hydrogens is 396 g/mol. The van der Waals surface area contributed by atoms with Crippen LogP contribution in [0, 0.1) is 0 Å². The van der Waals surface area contributed by atoms with Gasteiger partial charge in [0.25, 0.3) is 0 Å². The number of hydrogen-bond acceptors (Lipinski definition) is 6. The Morgan fingerprint density at radius 2 is 1.76 bits per heavy atom. The molecule has 1 aromatic carbocycles. The Labute approximate surface area is 176 Å². The lowest BCUT2D eigenvalue weighted by molar-refractivity contribution is -0.134. The third-order valence-corrected chi connectivity index (χ3v) is 4.83. The van der Waals surface area contributed by atoms with Gasteiger partial charge in [-0.3, -0.25) is 14.4 Å². The first-order chi connectivity index (χ1) is 13.7. The van der Waals surface area contributed by atoms with Gasteiger partial charge in [-0.1, -0.05) is 30.7 Å². The van der Waals surface area contributed by atoms with E-state index >= 15 is 0 Å².